The third-order valence-corrected chi connectivity index (χ3v) is 3.19. The average Bonchev–Trinajstić information content (AvgIpc) is 2.27. The Balaban J connectivity index is 2.68. The van der Waals surface area contributed by atoms with Crippen molar-refractivity contribution in [2.45, 2.75) is 27.7 Å². The van der Waals surface area contributed by atoms with E-state index in [9.17, 15) is 0 Å². The highest BCUT2D eigenvalue weighted by atomic mass is 14.8. The maximum atomic E-state index is 5.97. The molecule has 0 fully saturated rings. The van der Waals surface area contributed by atoms with Gasteiger partial charge in [0.15, 0.2) is 0 Å². The molecule has 0 aliphatic heterocycles. The van der Waals surface area contributed by atoms with Crippen molar-refractivity contribution in [1.29, 1.82) is 0 Å². The van der Waals surface area contributed by atoms with Gasteiger partial charge in [0.2, 0.25) is 0 Å². The third kappa shape index (κ3) is 2.16. The molecule has 0 atom stereocenters. The predicted octanol–water partition coefficient (Wildman–Crippen LogP) is 3.56. The molecule has 0 unspecified atom stereocenters. The van der Waals surface area contributed by atoms with Crippen molar-refractivity contribution in [2.24, 2.45) is 0 Å². The molecule has 0 aliphatic carbocycles. The molecule has 0 bridgehead atoms. The fraction of sp³-hybridized carbons (Fsp3) is 0.267. The summed E-state index contributed by atoms with van der Waals surface area (Å²) in [7, 11) is 0. The number of benzene rings is 1. The monoisotopic (exact) mass is 226 g/mol. The molecule has 88 valence electrons. The fourth-order valence-corrected chi connectivity index (χ4v) is 2.05. The van der Waals surface area contributed by atoms with Gasteiger partial charge in [-0.2, -0.15) is 0 Å². The summed E-state index contributed by atoms with van der Waals surface area (Å²) in [6, 6.07) is 6.49. The Morgan fingerprint density at radius 2 is 1.47 bits per heavy atom. The van der Waals surface area contributed by atoms with E-state index in [0.717, 1.165) is 11.1 Å². The zero-order chi connectivity index (χ0) is 12.6. The summed E-state index contributed by atoms with van der Waals surface area (Å²) in [5.74, 6) is 0.599. The highest BCUT2D eigenvalue weighted by molar-refractivity contribution is 5.77. The number of pyridine rings is 1. The van der Waals surface area contributed by atoms with Crippen LogP contribution in [0.4, 0.5) is 5.82 Å². The van der Waals surface area contributed by atoms with E-state index in [0.29, 0.717) is 5.82 Å². The SMILES string of the molecule is Cc1cnc(N)c(-c2cc(C)c(C)cc2C)c1. The van der Waals surface area contributed by atoms with Crippen LogP contribution in [-0.4, -0.2) is 4.98 Å². The topological polar surface area (TPSA) is 38.9 Å². The van der Waals surface area contributed by atoms with E-state index in [1.807, 2.05) is 6.92 Å². The van der Waals surface area contributed by atoms with Crippen LogP contribution in [0.1, 0.15) is 22.3 Å². The first kappa shape index (κ1) is 11.6. The van der Waals surface area contributed by atoms with Gasteiger partial charge >= 0.3 is 0 Å². The second-order valence-electron chi connectivity index (χ2n) is 4.70. The van der Waals surface area contributed by atoms with Crippen molar-refractivity contribution < 1.29 is 0 Å². The minimum Gasteiger partial charge on any atom is -0.383 e. The van der Waals surface area contributed by atoms with E-state index in [-0.39, 0.29) is 0 Å². The maximum absolute atomic E-state index is 5.97. The zero-order valence-corrected chi connectivity index (χ0v) is 10.8. The third-order valence-electron chi connectivity index (χ3n) is 3.19. The number of anilines is 1. The summed E-state index contributed by atoms with van der Waals surface area (Å²) in [5, 5.41) is 0. The Morgan fingerprint density at radius 1 is 0.824 bits per heavy atom. The molecule has 17 heavy (non-hydrogen) atoms. The van der Waals surface area contributed by atoms with Crippen molar-refractivity contribution in [3.63, 3.8) is 0 Å². The van der Waals surface area contributed by atoms with Gasteiger partial charge in [-0.15, -0.1) is 0 Å². The normalized spacial score (nSPS) is 10.6. The molecule has 1 aromatic carbocycles. The van der Waals surface area contributed by atoms with Crippen LogP contribution in [-0.2, 0) is 0 Å². The largest absolute Gasteiger partial charge is 0.383 e. The quantitative estimate of drug-likeness (QED) is 0.807. The van der Waals surface area contributed by atoms with Gasteiger partial charge in [-0.25, -0.2) is 4.98 Å². The maximum Gasteiger partial charge on any atom is 0.131 e. The molecule has 1 aromatic heterocycles. The molecule has 2 heteroatoms. The smallest absolute Gasteiger partial charge is 0.131 e. The lowest BCUT2D eigenvalue weighted by Gasteiger charge is -2.12. The molecular weight excluding hydrogens is 208 g/mol. The van der Waals surface area contributed by atoms with E-state index in [1.165, 1.54) is 22.3 Å². The van der Waals surface area contributed by atoms with Crippen molar-refractivity contribution in [1.82, 2.24) is 4.98 Å². The van der Waals surface area contributed by atoms with Crippen LogP contribution in [0.25, 0.3) is 11.1 Å². The van der Waals surface area contributed by atoms with E-state index >= 15 is 0 Å². The van der Waals surface area contributed by atoms with Crippen LogP contribution in [0.5, 0.6) is 0 Å². The average molecular weight is 226 g/mol. The second kappa shape index (κ2) is 4.21. The highest BCUT2D eigenvalue weighted by Gasteiger charge is 2.08. The minimum atomic E-state index is 0.599. The first-order valence-corrected chi connectivity index (χ1v) is 5.79. The van der Waals surface area contributed by atoms with Gasteiger partial charge in [-0.05, 0) is 61.6 Å². The Bertz CT molecular complexity index is 571. The summed E-state index contributed by atoms with van der Waals surface area (Å²) >= 11 is 0. The van der Waals surface area contributed by atoms with Crippen LogP contribution in [0.3, 0.4) is 0 Å². The van der Waals surface area contributed by atoms with Gasteiger partial charge < -0.3 is 5.73 Å². The summed E-state index contributed by atoms with van der Waals surface area (Å²) in [6.07, 6.45) is 1.80. The van der Waals surface area contributed by atoms with Crippen LogP contribution in [0.15, 0.2) is 24.4 Å². The lowest BCUT2D eigenvalue weighted by molar-refractivity contribution is 1.26. The summed E-state index contributed by atoms with van der Waals surface area (Å²) < 4.78 is 0. The number of nitrogens with zero attached hydrogens (tertiary/aromatic N) is 1. The number of nitrogen functional groups attached to an aromatic ring is 1. The summed E-state index contributed by atoms with van der Waals surface area (Å²) in [4.78, 5) is 4.23. The second-order valence-corrected chi connectivity index (χ2v) is 4.70. The van der Waals surface area contributed by atoms with Gasteiger partial charge in [0.25, 0.3) is 0 Å². The first-order valence-electron chi connectivity index (χ1n) is 5.79. The lowest BCUT2D eigenvalue weighted by Crippen LogP contribution is -1.97. The molecule has 2 N–H and O–H groups in total. The molecule has 0 amide bonds. The molecule has 2 aromatic rings. The Morgan fingerprint density at radius 3 is 2.18 bits per heavy atom. The number of rotatable bonds is 1. The lowest BCUT2D eigenvalue weighted by atomic mass is 9.95. The number of aryl methyl sites for hydroxylation is 4. The van der Waals surface area contributed by atoms with Crippen molar-refractivity contribution in [2.75, 3.05) is 5.73 Å². The van der Waals surface area contributed by atoms with Gasteiger partial charge in [0.1, 0.15) is 5.82 Å². The van der Waals surface area contributed by atoms with Crippen LogP contribution in [0.2, 0.25) is 0 Å². The van der Waals surface area contributed by atoms with Crippen molar-refractivity contribution in [3.8, 4) is 11.1 Å². The number of nitrogens with two attached hydrogens (primary N) is 1. The van der Waals surface area contributed by atoms with Crippen LogP contribution >= 0.6 is 0 Å². The first-order chi connectivity index (χ1) is 7.99. The zero-order valence-electron chi connectivity index (χ0n) is 10.8. The van der Waals surface area contributed by atoms with Gasteiger partial charge in [0.05, 0.1) is 0 Å². The molecule has 1 heterocycles. The van der Waals surface area contributed by atoms with Crippen molar-refractivity contribution in [3.05, 3.63) is 46.6 Å². The number of hydrogen-bond donors (Lipinski definition) is 1. The Hall–Kier alpha value is -1.83. The Kier molecular flexibility index (Phi) is 2.88. The standard InChI is InChI=1S/C15H18N2/c1-9-5-14(15(16)17-8-9)13-7-11(3)10(2)6-12(13)4/h5-8H,1-4H3,(H2,16,17). The van der Waals surface area contributed by atoms with Gasteiger partial charge in [-0.1, -0.05) is 12.1 Å². The molecule has 0 radical (unpaired) electrons. The van der Waals surface area contributed by atoms with E-state index in [4.69, 9.17) is 5.73 Å². The van der Waals surface area contributed by atoms with Crippen LogP contribution < -0.4 is 5.73 Å². The molecular formula is C15H18N2. The highest BCUT2D eigenvalue weighted by Crippen LogP contribution is 2.30. The van der Waals surface area contributed by atoms with E-state index < -0.39 is 0 Å². The number of hydrogen-bond acceptors (Lipinski definition) is 2. The van der Waals surface area contributed by atoms with Gasteiger partial charge in [-0.3, -0.25) is 0 Å². The molecule has 2 nitrogen and oxygen atoms in total. The van der Waals surface area contributed by atoms with Crippen LogP contribution in [0, 0.1) is 27.7 Å². The summed E-state index contributed by atoms with van der Waals surface area (Å²) in [6.45, 7) is 8.40. The van der Waals surface area contributed by atoms with E-state index in [2.05, 4.69) is 44.0 Å². The fourth-order valence-electron chi connectivity index (χ4n) is 2.05. The molecule has 0 saturated carbocycles. The predicted molar refractivity (Wildman–Crippen MR) is 73.0 cm³/mol. The Labute approximate surface area is 103 Å². The number of aromatic nitrogens is 1. The van der Waals surface area contributed by atoms with E-state index in [1.54, 1.807) is 6.20 Å². The molecule has 0 saturated heterocycles. The molecule has 0 aliphatic rings. The van der Waals surface area contributed by atoms with Crippen molar-refractivity contribution >= 4 is 5.82 Å². The molecule has 2 rings (SSSR count). The molecule has 0 spiro atoms. The summed E-state index contributed by atoms with van der Waals surface area (Å²) in [5.41, 5.74) is 13.2. The van der Waals surface area contributed by atoms with Gasteiger partial charge in [0, 0.05) is 11.8 Å². The minimum absolute atomic E-state index is 0.599.